The van der Waals surface area contributed by atoms with Crippen LogP contribution in [0.2, 0.25) is 0 Å². The quantitative estimate of drug-likeness (QED) is 0.582. The summed E-state index contributed by atoms with van der Waals surface area (Å²) in [5, 5.41) is 3.31. The van der Waals surface area contributed by atoms with Gasteiger partial charge in [-0.25, -0.2) is 4.98 Å². The fourth-order valence-electron chi connectivity index (χ4n) is 1.60. The van der Waals surface area contributed by atoms with E-state index in [2.05, 4.69) is 19.8 Å². The molecule has 0 aromatic carbocycles. The molecule has 6 heteroatoms. The van der Waals surface area contributed by atoms with Crippen LogP contribution < -0.4 is 5.32 Å². The summed E-state index contributed by atoms with van der Waals surface area (Å²) in [6.45, 7) is 5.66. The molecule has 0 atom stereocenters. The van der Waals surface area contributed by atoms with Crippen molar-refractivity contribution >= 4 is 0 Å². The molecule has 0 saturated carbocycles. The minimum Gasteiger partial charge on any atom is -0.383 e. The van der Waals surface area contributed by atoms with Crippen LogP contribution in [0.4, 0.5) is 0 Å². The van der Waals surface area contributed by atoms with E-state index in [1.807, 2.05) is 26.6 Å². The topological polar surface area (TPSA) is 51.6 Å². The van der Waals surface area contributed by atoms with Crippen LogP contribution >= 0.6 is 0 Å². The summed E-state index contributed by atoms with van der Waals surface area (Å²) in [4.78, 5) is 6.29. The van der Waals surface area contributed by atoms with Gasteiger partial charge >= 0.3 is 0 Å². The molecule has 1 aromatic heterocycles. The highest BCUT2D eigenvalue weighted by Crippen LogP contribution is 1.99. The van der Waals surface area contributed by atoms with E-state index in [-0.39, 0.29) is 0 Å². The first-order valence-corrected chi connectivity index (χ1v) is 6.65. The van der Waals surface area contributed by atoms with E-state index in [1.165, 1.54) is 5.69 Å². The van der Waals surface area contributed by atoms with Gasteiger partial charge in [0.15, 0.2) is 0 Å². The minimum atomic E-state index is 0.718. The van der Waals surface area contributed by atoms with Crippen molar-refractivity contribution in [2.24, 2.45) is 0 Å². The van der Waals surface area contributed by atoms with Gasteiger partial charge < -0.3 is 24.3 Å². The molecule has 0 fully saturated rings. The normalized spacial score (nSPS) is 11.4. The van der Waals surface area contributed by atoms with E-state index in [9.17, 15) is 0 Å². The summed E-state index contributed by atoms with van der Waals surface area (Å²) < 4.78 is 12.7. The lowest BCUT2D eigenvalue weighted by Gasteiger charge is -2.11. The summed E-state index contributed by atoms with van der Waals surface area (Å²) in [6, 6.07) is 0. The number of hydrogen-bond donors (Lipinski definition) is 1. The van der Waals surface area contributed by atoms with E-state index in [0.717, 1.165) is 46.0 Å². The molecule has 0 bridgehead atoms. The average Bonchev–Trinajstić information content (AvgIpc) is 2.81. The molecule has 1 rings (SSSR count). The summed E-state index contributed by atoms with van der Waals surface area (Å²) in [7, 11) is 5.79. The Kier molecular flexibility index (Phi) is 8.40. The summed E-state index contributed by atoms with van der Waals surface area (Å²) in [6.07, 6.45) is 3.74. The third-order valence-corrected chi connectivity index (χ3v) is 2.75. The standard InChI is InChI=1S/C13H26N4O2/c1-16(2)5-8-19-9-6-17-12-15-11-13(17)10-14-4-7-18-3/h11-12,14H,4-10H2,1-3H3. The lowest BCUT2D eigenvalue weighted by Crippen LogP contribution is -2.22. The fourth-order valence-corrected chi connectivity index (χ4v) is 1.60. The number of likely N-dealkylation sites (N-methyl/N-ethyl adjacent to an activating group) is 1. The molecule has 0 aliphatic carbocycles. The molecule has 0 aliphatic rings. The molecule has 1 heterocycles. The van der Waals surface area contributed by atoms with Crippen molar-refractivity contribution in [2.75, 3.05) is 54.1 Å². The Labute approximate surface area is 115 Å². The van der Waals surface area contributed by atoms with Crippen molar-refractivity contribution in [2.45, 2.75) is 13.1 Å². The molecule has 110 valence electrons. The largest absolute Gasteiger partial charge is 0.383 e. The zero-order valence-corrected chi connectivity index (χ0v) is 12.3. The molecule has 1 aromatic rings. The van der Waals surface area contributed by atoms with Crippen LogP contribution in [-0.2, 0) is 22.6 Å². The number of rotatable bonds is 11. The predicted molar refractivity (Wildman–Crippen MR) is 75.2 cm³/mol. The molecule has 0 saturated heterocycles. The Morgan fingerprint density at radius 2 is 2.16 bits per heavy atom. The number of nitrogens with one attached hydrogen (secondary N) is 1. The average molecular weight is 270 g/mol. The minimum absolute atomic E-state index is 0.718. The zero-order valence-electron chi connectivity index (χ0n) is 12.3. The fraction of sp³-hybridized carbons (Fsp3) is 0.769. The molecule has 0 aliphatic heterocycles. The van der Waals surface area contributed by atoms with Crippen molar-refractivity contribution in [1.29, 1.82) is 0 Å². The van der Waals surface area contributed by atoms with Gasteiger partial charge in [0.05, 0.1) is 31.8 Å². The molecule has 19 heavy (non-hydrogen) atoms. The molecule has 0 radical (unpaired) electrons. The second kappa shape index (κ2) is 9.91. The van der Waals surface area contributed by atoms with Crippen LogP contribution in [-0.4, -0.2) is 68.6 Å². The monoisotopic (exact) mass is 270 g/mol. The van der Waals surface area contributed by atoms with Crippen LogP contribution in [0.3, 0.4) is 0 Å². The van der Waals surface area contributed by atoms with Gasteiger partial charge in [-0.3, -0.25) is 0 Å². The van der Waals surface area contributed by atoms with E-state index in [4.69, 9.17) is 9.47 Å². The number of ether oxygens (including phenoxy) is 2. The predicted octanol–water partition coefficient (Wildman–Crippen LogP) is 0.197. The maximum Gasteiger partial charge on any atom is 0.0949 e. The maximum atomic E-state index is 5.59. The van der Waals surface area contributed by atoms with Crippen LogP contribution in [0, 0.1) is 0 Å². The Morgan fingerprint density at radius 1 is 1.32 bits per heavy atom. The molecular formula is C13H26N4O2. The van der Waals surface area contributed by atoms with Crippen molar-refractivity contribution < 1.29 is 9.47 Å². The first kappa shape index (κ1) is 16.1. The number of aromatic nitrogens is 2. The number of hydrogen-bond acceptors (Lipinski definition) is 5. The Morgan fingerprint density at radius 3 is 2.89 bits per heavy atom. The van der Waals surface area contributed by atoms with Gasteiger partial charge in [-0.2, -0.15) is 0 Å². The maximum absolute atomic E-state index is 5.59. The van der Waals surface area contributed by atoms with Crippen LogP contribution in [0.5, 0.6) is 0 Å². The second-order valence-corrected chi connectivity index (χ2v) is 4.66. The van der Waals surface area contributed by atoms with Gasteiger partial charge in [0.25, 0.3) is 0 Å². The van der Waals surface area contributed by atoms with Crippen molar-refractivity contribution in [1.82, 2.24) is 19.8 Å². The van der Waals surface area contributed by atoms with Gasteiger partial charge in [-0.1, -0.05) is 0 Å². The highest BCUT2D eigenvalue weighted by Gasteiger charge is 2.01. The van der Waals surface area contributed by atoms with E-state index >= 15 is 0 Å². The first-order chi connectivity index (χ1) is 9.24. The Hall–Kier alpha value is -0.950. The van der Waals surface area contributed by atoms with E-state index < -0.39 is 0 Å². The summed E-state index contributed by atoms with van der Waals surface area (Å²) >= 11 is 0. The smallest absolute Gasteiger partial charge is 0.0949 e. The molecule has 0 spiro atoms. The Bertz CT molecular complexity index is 328. The number of methoxy groups -OCH3 is 1. The van der Waals surface area contributed by atoms with Gasteiger partial charge in [0.1, 0.15) is 0 Å². The van der Waals surface area contributed by atoms with Crippen LogP contribution in [0.15, 0.2) is 12.5 Å². The van der Waals surface area contributed by atoms with E-state index in [0.29, 0.717) is 0 Å². The SMILES string of the molecule is COCCNCc1cncn1CCOCCN(C)C. The van der Waals surface area contributed by atoms with Crippen molar-refractivity contribution in [3.05, 3.63) is 18.2 Å². The lowest BCUT2D eigenvalue weighted by molar-refractivity contribution is 0.110. The highest BCUT2D eigenvalue weighted by atomic mass is 16.5. The summed E-state index contributed by atoms with van der Waals surface area (Å²) in [5.41, 5.74) is 1.17. The summed E-state index contributed by atoms with van der Waals surface area (Å²) in [5.74, 6) is 0. The molecule has 0 amide bonds. The molecule has 0 unspecified atom stereocenters. The lowest BCUT2D eigenvalue weighted by atomic mass is 10.4. The Balaban J connectivity index is 2.17. The van der Waals surface area contributed by atoms with Gasteiger partial charge in [-0.15, -0.1) is 0 Å². The van der Waals surface area contributed by atoms with Crippen molar-refractivity contribution in [3.8, 4) is 0 Å². The third kappa shape index (κ3) is 7.27. The van der Waals surface area contributed by atoms with Crippen molar-refractivity contribution in [3.63, 3.8) is 0 Å². The first-order valence-electron chi connectivity index (χ1n) is 6.65. The van der Waals surface area contributed by atoms with E-state index in [1.54, 1.807) is 7.11 Å². The van der Waals surface area contributed by atoms with Gasteiger partial charge in [-0.05, 0) is 14.1 Å². The molecule has 1 N–H and O–H groups in total. The number of imidazole rings is 1. The van der Waals surface area contributed by atoms with Crippen LogP contribution in [0.1, 0.15) is 5.69 Å². The number of nitrogens with zero attached hydrogens (tertiary/aromatic N) is 3. The molecule has 6 nitrogen and oxygen atoms in total. The highest BCUT2D eigenvalue weighted by molar-refractivity contribution is 4.97. The van der Waals surface area contributed by atoms with Gasteiger partial charge in [0, 0.05) is 39.5 Å². The van der Waals surface area contributed by atoms with Crippen LogP contribution in [0.25, 0.3) is 0 Å². The van der Waals surface area contributed by atoms with Gasteiger partial charge in [0.2, 0.25) is 0 Å². The third-order valence-electron chi connectivity index (χ3n) is 2.75. The zero-order chi connectivity index (χ0) is 13.9. The second-order valence-electron chi connectivity index (χ2n) is 4.66. The molecular weight excluding hydrogens is 244 g/mol.